The normalized spacial score (nSPS) is 16.2. The van der Waals surface area contributed by atoms with Gasteiger partial charge in [0.15, 0.2) is 0 Å². The van der Waals surface area contributed by atoms with Crippen molar-refractivity contribution in [3.8, 4) is 23.2 Å². The number of benzene rings is 3. The Labute approximate surface area is 258 Å². The molecule has 8 nitrogen and oxygen atoms in total. The fraction of sp³-hybridized carbons (Fsp3) is 0.212. The van der Waals surface area contributed by atoms with Gasteiger partial charge in [0.05, 0.1) is 59.1 Å². The van der Waals surface area contributed by atoms with Gasteiger partial charge in [-0.3, -0.25) is 0 Å². The summed E-state index contributed by atoms with van der Waals surface area (Å²) in [5.41, 5.74) is 0.533. The van der Waals surface area contributed by atoms with Gasteiger partial charge in [-0.1, -0.05) is 12.1 Å². The number of halogens is 5. The van der Waals surface area contributed by atoms with E-state index in [0.29, 0.717) is 5.52 Å². The van der Waals surface area contributed by atoms with Crippen LogP contribution in [0.3, 0.4) is 0 Å². The van der Waals surface area contributed by atoms with Crippen molar-refractivity contribution in [1.29, 1.82) is 5.26 Å². The minimum absolute atomic E-state index is 0.0203. The molecule has 0 aliphatic carbocycles. The van der Waals surface area contributed by atoms with Crippen molar-refractivity contribution in [2.24, 2.45) is 5.92 Å². The molecule has 0 bridgehead atoms. The molecule has 234 valence electrons. The first-order chi connectivity index (χ1) is 22.1. The fourth-order valence-corrected chi connectivity index (χ4v) is 5.46. The van der Waals surface area contributed by atoms with E-state index in [1.807, 2.05) is 6.07 Å². The largest absolute Gasteiger partial charge is 0.478 e. The molecule has 1 N–H and O–H groups in total. The minimum Gasteiger partial charge on any atom is -0.478 e. The second-order valence-electron chi connectivity index (χ2n) is 10.7. The van der Waals surface area contributed by atoms with Gasteiger partial charge in [-0.25, -0.2) is 36.7 Å². The quantitative estimate of drug-likeness (QED) is 0.180. The first-order valence-electron chi connectivity index (χ1n) is 14.0. The Hall–Kier alpha value is -5.35. The summed E-state index contributed by atoms with van der Waals surface area (Å²) in [5, 5.41) is 18.4. The molecule has 3 heterocycles. The van der Waals surface area contributed by atoms with Crippen LogP contribution in [0.5, 0.6) is 5.88 Å². The lowest BCUT2D eigenvalue weighted by Gasteiger charge is -2.22. The lowest BCUT2D eigenvalue weighted by atomic mass is 10.0. The number of hydrogen-bond donors (Lipinski definition) is 1. The van der Waals surface area contributed by atoms with Gasteiger partial charge in [0.1, 0.15) is 29.9 Å². The van der Waals surface area contributed by atoms with Crippen molar-refractivity contribution in [3.63, 3.8) is 0 Å². The molecular formula is C33H23F5N4O4. The van der Waals surface area contributed by atoms with E-state index < -0.39 is 41.8 Å². The number of ether oxygens (including phenoxy) is 2. The molecule has 2 atom stereocenters. The van der Waals surface area contributed by atoms with E-state index in [4.69, 9.17) is 14.7 Å². The number of nitrogens with zero attached hydrogens (tertiary/aromatic N) is 4. The second kappa shape index (κ2) is 12.6. The number of pyridine rings is 1. The summed E-state index contributed by atoms with van der Waals surface area (Å²) in [4.78, 5) is 20.3. The van der Waals surface area contributed by atoms with Crippen LogP contribution in [0.4, 0.5) is 22.0 Å². The highest BCUT2D eigenvalue weighted by Gasteiger charge is 2.38. The number of imidazole rings is 1. The first-order valence-corrected chi connectivity index (χ1v) is 14.0. The number of carboxylic acid groups (broad SMARTS) is 1. The van der Waals surface area contributed by atoms with Gasteiger partial charge in [-0.05, 0) is 54.1 Å². The summed E-state index contributed by atoms with van der Waals surface area (Å²) in [5.74, 6) is -4.58. The monoisotopic (exact) mass is 634 g/mol. The van der Waals surface area contributed by atoms with Crippen LogP contribution < -0.4 is 4.74 Å². The van der Waals surface area contributed by atoms with Crippen molar-refractivity contribution in [1.82, 2.24) is 14.5 Å². The zero-order valence-corrected chi connectivity index (χ0v) is 23.8. The molecule has 5 aromatic rings. The van der Waals surface area contributed by atoms with Crippen molar-refractivity contribution in [2.45, 2.75) is 25.5 Å². The Morgan fingerprint density at radius 2 is 1.80 bits per heavy atom. The number of hydrogen-bond acceptors (Lipinski definition) is 6. The van der Waals surface area contributed by atoms with Crippen molar-refractivity contribution < 1.29 is 41.3 Å². The number of carbonyl (C=O) groups is 1. The molecule has 1 aliphatic rings. The highest BCUT2D eigenvalue weighted by molar-refractivity contribution is 5.92. The number of fused-ring (bicyclic) bond motifs is 1. The van der Waals surface area contributed by atoms with Crippen molar-refractivity contribution >= 4 is 17.0 Å². The molecule has 1 saturated heterocycles. The Morgan fingerprint density at radius 3 is 2.54 bits per heavy atom. The number of aromatic carboxylic acids is 1. The van der Waals surface area contributed by atoms with E-state index in [1.54, 1.807) is 0 Å². The van der Waals surface area contributed by atoms with Crippen LogP contribution in [0, 0.1) is 34.7 Å². The third kappa shape index (κ3) is 5.99. The van der Waals surface area contributed by atoms with E-state index >= 15 is 8.78 Å². The molecule has 0 saturated carbocycles. The smallest absolute Gasteiger partial charge is 0.335 e. The Balaban J connectivity index is 1.30. The maximum atomic E-state index is 15.6. The molecule has 6 rings (SSSR count). The lowest BCUT2D eigenvalue weighted by Crippen LogP contribution is -2.25. The summed E-state index contributed by atoms with van der Waals surface area (Å²) in [6, 6.07) is 15.2. The molecule has 0 radical (unpaired) electrons. The fourth-order valence-electron chi connectivity index (χ4n) is 5.46. The molecule has 1 unspecified atom stereocenters. The van der Waals surface area contributed by atoms with E-state index in [9.17, 15) is 23.1 Å². The van der Waals surface area contributed by atoms with Crippen LogP contribution in [0.1, 0.15) is 38.9 Å². The zero-order chi connectivity index (χ0) is 32.5. The molecule has 46 heavy (non-hydrogen) atoms. The maximum absolute atomic E-state index is 15.6. The zero-order valence-electron chi connectivity index (χ0n) is 23.8. The van der Waals surface area contributed by atoms with Gasteiger partial charge in [-0.2, -0.15) is 5.26 Å². The van der Waals surface area contributed by atoms with Crippen LogP contribution in [0.25, 0.3) is 22.3 Å². The van der Waals surface area contributed by atoms with Gasteiger partial charge in [0.2, 0.25) is 12.3 Å². The average molecular weight is 635 g/mol. The van der Waals surface area contributed by atoms with Gasteiger partial charge >= 0.3 is 5.97 Å². The van der Waals surface area contributed by atoms with Crippen LogP contribution in [-0.4, -0.2) is 45.3 Å². The maximum Gasteiger partial charge on any atom is 0.335 e. The van der Waals surface area contributed by atoms with Crippen molar-refractivity contribution in [2.75, 3.05) is 13.2 Å². The second-order valence-corrected chi connectivity index (χ2v) is 10.7. The van der Waals surface area contributed by atoms with Gasteiger partial charge in [-0.15, -0.1) is 0 Å². The SMILES string of the molecule is N#Cc1ccc(COc2cccc(-c3cc(F)c(Cc4nc5ccc(C(=O)O)cc5n4C4COC[C@@H]4C(F)F)cc3F)n2)c(F)c1. The number of rotatable bonds is 9. The molecule has 2 aromatic heterocycles. The van der Waals surface area contributed by atoms with Crippen LogP contribution >= 0.6 is 0 Å². The molecule has 1 aliphatic heterocycles. The highest BCUT2D eigenvalue weighted by Crippen LogP contribution is 2.36. The topological polar surface area (TPSA) is 110 Å². The third-order valence-electron chi connectivity index (χ3n) is 7.80. The van der Waals surface area contributed by atoms with E-state index in [0.717, 1.165) is 18.2 Å². The van der Waals surface area contributed by atoms with Crippen LogP contribution in [0.2, 0.25) is 0 Å². The summed E-state index contributed by atoms with van der Waals surface area (Å²) >= 11 is 0. The lowest BCUT2D eigenvalue weighted by molar-refractivity contribution is 0.0555. The summed E-state index contributed by atoms with van der Waals surface area (Å²) in [6.07, 6.45) is -3.04. The molecule has 0 amide bonds. The molecule has 1 fully saturated rings. The third-order valence-corrected chi connectivity index (χ3v) is 7.80. The van der Waals surface area contributed by atoms with Crippen molar-refractivity contribution in [3.05, 3.63) is 112 Å². The Morgan fingerprint density at radius 1 is 1.00 bits per heavy atom. The van der Waals surface area contributed by atoms with E-state index in [1.165, 1.54) is 53.1 Å². The predicted molar refractivity (Wildman–Crippen MR) is 154 cm³/mol. The number of carboxylic acids is 1. The van der Waals surface area contributed by atoms with Gasteiger partial charge in [0, 0.05) is 23.6 Å². The number of nitriles is 1. The molecule has 13 heteroatoms. The van der Waals surface area contributed by atoms with Crippen LogP contribution in [0.15, 0.2) is 66.7 Å². The summed E-state index contributed by atoms with van der Waals surface area (Å²) in [6.45, 7) is -0.546. The highest BCUT2D eigenvalue weighted by atomic mass is 19.3. The molecular weight excluding hydrogens is 611 g/mol. The van der Waals surface area contributed by atoms with Gasteiger partial charge < -0.3 is 19.1 Å². The summed E-state index contributed by atoms with van der Waals surface area (Å²) < 4.78 is 85.5. The minimum atomic E-state index is -2.75. The Kier molecular flexibility index (Phi) is 8.38. The summed E-state index contributed by atoms with van der Waals surface area (Å²) in [7, 11) is 0. The number of aromatic nitrogens is 3. The molecule has 3 aromatic carbocycles. The Bertz CT molecular complexity index is 2010. The standard InChI is InChI=1S/C33H23F5N4O4/c34-23-8-17(13-39)4-5-19(23)14-46-31-3-1-2-26(41-31)21-12-24(35)20(9-25(21)36)11-30-40-27-7-6-18(33(43)44)10-28(27)42(30)29-16-45-15-22(29)32(37)38/h1-10,12,22,29,32H,11,14-16H2,(H,43,44)/t22-,29?/m0/s1. The number of alkyl halides is 2. The van der Waals surface area contributed by atoms with Crippen LogP contribution in [-0.2, 0) is 17.8 Å². The van der Waals surface area contributed by atoms with Gasteiger partial charge in [0.25, 0.3) is 0 Å². The van der Waals surface area contributed by atoms with E-state index in [2.05, 4.69) is 9.97 Å². The predicted octanol–water partition coefficient (Wildman–Crippen LogP) is 6.71. The average Bonchev–Trinajstić information content (AvgIpc) is 3.66. The van der Waals surface area contributed by atoms with E-state index in [-0.39, 0.29) is 77.0 Å². The molecule has 0 spiro atoms. The first kappa shape index (κ1) is 30.7.